The first kappa shape index (κ1) is 18.9. The number of anilines is 1. The third kappa shape index (κ3) is 5.83. The van der Waals surface area contributed by atoms with Gasteiger partial charge >= 0.3 is 0 Å². The van der Waals surface area contributed by atoms with E-state index in [0.29, 0.717) is 11.3 Å². The number of nitrogens with one attached hydrogen (secondary N) is 2. The number of halogens is 1. The summed E-state index contributed by atoms with van der Waals surface area (Å²) in [5, 5.41) is 6.88. The van der Waals surface area contributed by atoms with Crippen LogP contribution in [0.15, 0.2) is 58.1 Å². The quantitative estimate of drug-likeness (QED) is 0.563. The minimum absolute atomic E-state index is 0.108. The van der Waals surface area contributed by atoms with E-state index in [4.69, 9.17) is 0 Å². The Balaban J connectivity index is 1.92. The zero-order valence-corrected chi connectivity index (χ0v) is 15.8. The molecule has 5 nitrogen and oxygen atoms in total. The van der Waals surface area contributed by atoms with Gasteiger partial charge in [-0.15, -0.1) is 0 Å². The van der Waals surface area contributed by atoms with Crippen molar-refractivity contribution in [3.63, 3.8) is 0 Å². The molecule has 130 valence electrons. The maximum atomic E-state index is 12.1. The lowest BCUT2D eigenvalue weighted by Crippen LogP contribution is -2.21. The molecule has 2 aromatic rings. The fraction of sp³-hybridized carbons (Fsp3) is 0.211. The maximum absolute atomic E-state index is 12.1. The second kappa shape index (κ2) is 9.13. The molecule has 2 amide bonds. The van der Waals surface area contributed by atoms with Gasteiger partial charge in [0.05, 0.1) is 6.42 Å². The Morgan fingerprint density at radius 1 is 1.12 bits per heavy atom. The molecule has 25 heavy (non-hydrogen) atoms. The van der Waals surface area contributed by atoms with Crippen LogP contribution in [0.2, 0.25) is 0 Å². The van der Waals surface area contributed by atoms with Crippen LogP contribution in [0.1, 0.15) is 36.2 Å². The van der Waals surface area contributed by atoms with Crippen molar-refractivity contribution < 1.29 is 9.59 Å². The van der Waals surface area contributed by atoms with E-state index in [0.717, 1.165) is 22.1 Å². The number of carbonyl (C=O) groups excluding carboxylic acids is 2. The van der Waals surface area contributed by atoms with Gasteiger partial charge in [-0.2, -0.15) is 5.10 Å². The van der Waals surface area contributed by atoms with Crippen LogP contribution in [0.4, 0.5) is 5.69 Å². The summed E-state index contributed by atoms with van der Waals surface area (Å²) in [4.78, 5) is 24.2. The van der Waals surface area contributed by atoms with Crippen molar-refractivity contribution in [3.8, 4) is 0 Å². The largest absolute Gasteiger partial charge is 0.326 e. The van der Waals surface area contributed by atoms with E-state index in [-0.39, 0.29) is 18.2 Å². The Morgan fingerprint density at radius 2 is 1.88 bits per heavy atom. The van der Waals surface area contributed by atoms with E-state index in [1.165, 1.54) is 0 Å². The molecule has 0 aromatic heterocycles. The van der Waals surface area contributed by atoms with Crippen molar-refractivity contribution in [1.29, 1.82) is 0 Å². The van der Waals surface area contributed by atoms with Crippen LogP contribution < -0.4 is 10.7 Å². The minimum atomic E-state index is -0.322. The fourth-order valence-electron chi connectivity index (χ4n) is 2.26. The molecule has 6 heteroatoms. The molecule has 0 unspecified atom stereocenters. The number of rotatable bonds is 6. The number of amides is 2. The van der Waals surface area contributed by atoms with Gasteiger partial charge in [-0.25, -0.2) is 5.43 Å². The standard InChI is InChI=1S/C19H20BrN3O2/c1-3-14-7-4-5-10-17(14)21-18(24)11-13(2)22-23-19(25)15-8-6-9-16(20)12-15/h4-10,12H,3,11H2,1-2H3,(H,21,24)(H,23,25). The van der Waals surface area contributed by atoms with Crippen LogP contribution in [0.25, 0.3) is 0 Å². The van der Waals surface area contributed by atoms with Gasteiger partial charge in [0.15, 0.2) is 0 Å². The highest BCUT2D eigenvalue weighted by Gasteiger charge is 2.08. The SMILES string of the molecule is CCc1ccccc1NC(=O)CC(C)=NNC(=O)c1cccc(Br)c1. The first-order valence-corrected chi connectivity index (χ1v) is 8.75. The van der Waals surface area contributed by atoms with Crippen LogP contribution in [-0.2, 0) is 11.2 Å². The van der Waals surface area contributed by atoms with E-state index in [9.17, 15) is 9.59 Å². The van der Waals surface area contributed by atoms with Crippen LogP contribution in [0.3, 0.4) is 0 Å². The molecule has 2 N–H and O–H groups in total. The van der Waals surface area contributed by atoms with Gasteiger partial charge in [0.2, 0.25) is 5.91 Å². The van der Waals surface area contributed by atoms with Crippen molar-refractivity contribution >= 4 is 39.1 Å². The van der Waals surface area contributed by atoms with Crippen LogP contribution in [-0.4, -0.2) is 17.5 Å². The first-order valence-electron chi connectivity index (χ1n) is 7.96. The summed E-state index contributed by atoms with van der Waals surface area (Å²) in [5.74, 6) is -0.490. The maximum Gasteiger partial charge on any atom is 0.271 e. The van der Waals surface area contributed by atoms with Crippen molar-refractivity contribution in [3.05, 3.63) is 64.1 Å². The molecule has 0 aliphatic rings. The lowest BCUT2D eigenvalue weighted by Gasteiger charge is -2.09. The van der Waals surface area contributed by atoms with Gasteiger partial charge in [-0.1, -0.05) is 47.1 Å². The molecular formula is C19H20BrN3O2. The molecule has 0 saturated heterocycles. The third-order valence-electron chi connectivity index (χ3n) is 3.52. The van der Waals surface area contributed by atoms with E-state index >= 15 is 0 Å². The molecule has 0 saturated carbocycles. The van der Waals surface area contributed by atoms with Crippen molar-refractivity contribution in [2.24, 2.45) is 5.10 Å². The number of hydrogen-bond acceptors (Lipinski definition) is 3. The lowest BCUT2D eigenvalue weighted by molar-refractivity contribution is -0.115. The number of carbonyl (C=O) groups is 2. The van der Waals surface area contributed by atoms with Gasteiger partial charge < -0.3 is 5.32 Å². The van der Waals surface area contributed by atoms with Crippen LogP contribution in [0, 0.1) is 0 Å². The van der Waals surface area contributed by atoms with Gasteiger partial charge in [-0.3, -0.25) is 9.59 Å². The predicted octanol–water partition coefficient (Wildman–Crippen LogP) is 4.15. The van der Waals surface area contributed by atoms with Gasteiger partial charge in [0.1, 0.15) is 0 Å². The van der Waals surface area contributed by atoms with Gasteiger partial charge in [0.25, 0.3) is 5.91 Å². The molecule has 0 bridgehead atoms. The average Bonchev–Trinajstić information content (AvgIpc) is 2.60. The summed E-state index contributed by atoms with van der Waals surface area (Å²) in [6.07, 6.45) is 0.947. The Hall–Kier alpha value is -2.47. The highest BCUT2D eigenvalue weighted by atomic mass is 79.9. The monoisotopic (exact) mass is 401 g/mol. The molecule has 0 heterocycles. The van der Waals surface area contributed by atoms with E-state index in [1.807, 2.05) is 37.3 Å². The van der Waals surface area contributed by atoms with Gasteiger partial charge in [-0.05, 0) is 43.2 Å². The lowest BCUT2D eigenvalue weighted by atomic mass is 10.1. The summed E-state index contributed by atoms with van der Waals surface area (Å²) >= 11 is 3.32. The second-order valence-corrected chi connectivity index (χ2v) is 6.45. The van der Waals surface area contributed by atoms with E-state index in [2.05, 4.69) is 31.8 Å². The normalized spacial score (nSPS) is 11.1. The Kier molecular flexibility index (Phi) is 6.89. The third-order valence-corrected chi connectivity index (χ3v) is 4.02. The molecule has 2 rings (SSSR count). The molecule has 0 fully saturated rings. The van der Waals surface area contributed by atoms with Gasteiger partial charge in [0, 0.05) is 21.4 Å². The summed E-state index contributed by atoms with van der Waals surface area (Å²) in [6.45, 7) is 3.74. The molecule has 0 aliphatic heterocycles. The number of aryl methyl sites for hydroxylation is 1. The van der Waals surface area contributed by atoms with E-state index in [1.54, 1.807) is 25.1 Å². The molecule has 2 aromatic carbocycles. The molecule has 0 aliphatic carbocycles. The second-order valence-electron chi connectivity index (χ2n) is 5.53. The first-order chi connectivity index (χ1) is 12.0. The van der Waals surface area contributed by atoms with Crippen LogP contribution >= 0.6 is 15.9 Å². The highest BCUT2D eigenvalue weighted by molar-refractivity contribution is 9.10. The summed E-state index contributed by atoms with van der Waals surface area (Å²) in [7, 11) is 0. The number of para-hydroxylation sites is 1. The zero-order chi connectivity index (χ0) is 18.2. The Labute approximate surface area is 155 Å². The predicted molar refractivity (Wildman–Crippen MR) is 104 cm³/mol. The Bertz CT molecular complexity index is 803. The number of nitrogens with zero attached hydrogens (tertiary/aromatic N) is 1. The summed E-state index contributed by atoms with van der Waals surface area (Å²) in [5.41, 5.74) is 5.37. The average molecular weight is 402 g/mol. The Morgan fingerprint density at radius 3 is 2.60 bits per heavy atom. The van der Waals surface area contributed by atoms with Crippen molar-refractivity contribution in [2.75, 3.05) is 5.32 Å². The molecule has 0 radical (unpaired) electrons. The van der Waals surface area contributed by atoms with E-state index < -0.39 is 0 Å². The summed E-state index contributed by atoms with van der Waals surface area (Å²) < 4.78 is 0.815. The molecule has 0 spiro atoms. The minimum Gasteiger partial charge on any atom is -0.326 e. The molecule has 0 atom stereocenters. The smallest absolute Gasteiger partial charge is 0.271 e. The zero-order valence-electron chi connectivity index (χ0n) is 14.2. The molecular weight excluding hydrogens is 382 g/mol. The van der Waals surface area contributed by atoms with Crippen molar-refractivity contribution in [2.45, 2.75) is 26.7 Å². The van der Waals surface area contributed by atoms with Crippen LogP contribution in [0.5, 0.6) is 0 Å². The fourth-order valence-corrected chi connectivity index (χ4v) is 2.66. The number of hydrazone groups is 1. The topological polar surface area (TPSA) is 70.6 Å². The van der Waals surface area contributed by atoms with Crippen molar-refractivity contribution in [1.82, 2.24) is 5.43 Å². The highest BCUT2D eigenvalue weighted by Crippen LogP contribution is 2.15. The number of benzene rings is 2. The summed E-state index contributed by atoms with van der Waals surface area (Å²) in [6, 6.07) is 14.7. The number of hydrogen-bond donors (Lipinski definition) is 2.